The molecule has 1 aliphatic rings. The van der Waals surface area contributed by atoms with Gasteiger partial charge in [0.25, 0.3) is 0 Å². The molecule has 1 nitrogen and oxygen atoms in total. The van der Waals surface area contributed by atoms with Crippen LogP contribution in [0.1, 0.15) is 12.8 Å². The summed E-state index contributed by atoms with van der Waals surface area (Å²) >= 11 is 3.60. The first-order chi connectivity index (χ1) is 8.84. The second kappa shape index (κ2) is 5.15. The van der Waals surface area contributed by atoms with E-state index in [1.54, 1.807) is 0 Å². The van der Waals surface area contributed by atoms with E-state index in [-0.39, 0.29) is 0 Å². The Labute approximate surface area is 116 Å². The lowest BCUT2D eigenvalue weighted by molar-refractivity contribution is 0.301. The number of rotatable bonds is 4. The van der Waals surface area contributed by atoms with E-state index in [0.29, 0.717) is 0 Å². The van der Waals surface area contributed by atoms with Crippen molar-refractivity contribution in [1.82, 2.24) is 0 Å². The highest BCUT2D eigenvalue weighted by Crippen LogP contribution is 2.36. The Balaban J connectivity index is 1.92. The van der Waals surface area contributed by atoms with Crippen LogP contribution in [0.4, 0.5) is 0 Å². The van der Waals surface area contributed by atoms with Gasteiger partial charge in [0.1, 0.15) is 5.75 Å². The summed E-state index contributed by atoms with van der Waals surface area (Å²) in [6.07, 6.45) is 2.63. The van der Waals surface area contributed by atoms with E-state index in [1.165, 1.54) is 18.4 Å². The van der Waals surface area contributed by atoms with Gasteiger partial charge in [-0.25, -0.2) is 0 Å². The van der Waals surface area contributed by atoms with Crippen molar-refractivity contribution in [3.8, 4) is 16.9 Å². The Hall–Kier alpha value is -1.28. The average molecular weight is 303 g/mol. The lowest BCUT2D eigenvalue weighted by Gasteiger charge is -2.12. The van der Waals surface area contributed by atoms with Gasteiger partial charge in [0, 0.05) is 10.0 Å². The highest BCUT2D eigenvalue weighted by atomic mass is 79.9. The fourth-order valence-corrected chi connectivity index (χ4v) is 2.49. The summed E-state index contributed by atoms with van der Waals surface area (Å²) in [7, 11) is 0. The third-order valence-electron chi connectivity index (χ3n) is 3.22. The lowest BCUT2D eigenvalue weighted by Crippen LogP contribution is -2.00. The lowest BCUT2D eigenvalue weighted by atomic mass is 10.0. The van der Waals surface area contributed by atoms with Crippen molar-refractivity contribution in [3.63, 3.8) is 0 Å². The highest BCUT2D eigenvalue weighted by Gasteiger charge is 2.22. The SMILES string of the molecule is Brc1ccccc1-c1ccccc1OCC1CC1. The molecule has 18 heavy (non-hydrogen) atoms. The zero-order valence-corrected chi connectivity index (χ0v) is 11.7. The van der Waals surface area contributed by atoms with E-state index in [2.05, 4.69) is 52.3 Å². The van der Waals surface area contributed by atoms with Gasteiger partial charge in [0.2, 0.25) is 0 Å². The van der Waals surface area contributed by atoms with Crippen molar-refractivity contribution >= 4 is 15.9 Å². The fourth-order valence-electron chi connectivity index (χ4n) is 1.99. The van der Waals surface area contributed by atoms with Crippen molar-refractivity contribution < 1.29 is 4.74 Å². The molecule has 0 amide bonds. The smallest absolute Gasteiger partial charge is 0.127 e. The van der Waals surface area contributed by atoms with Crippen LogP contribution in [0.5, 0.6) is 5.75 Å². The minimum absolute atomic E-state index is 0.775. The maximum Gasteiger partial charge on any atom is 0.127 e. The summed E-state index contributed by atoms with van der Waals surface area (Å²) < 4.78 is 7.05. The van der Waals surface area contributed by atoms with Gasteiger partial charge in [-0.3, -0.25) is 0 Å². The summed E-state index contributed by atoms with van der Waals surface area (Å²) in [4.78, 5) is 0. The number of halogens is 1. The van der Waals surface area contributed by atoms with Gasteiger partial charge in [-0.1, -0.05) is 52.3 Å². The predicted octanol–water partition coefficient (Wildman–Crippen LogP) is 4.90. The molecule has 0 aromatic heterocycles. The van der Waals surface area contributed by atoms with E-state index in [9.17, 15) is 0 Å². The molecule has 0 bridgehead atoms. The zero-order chi connectivity index (χ0) is 12.4. The van der Waals surface area contributed by atoms with Crippen LogP contribution in [-0.2, 0) is 0 Å². The van der Waals surface area contributed by atoms with Gasteiger partial charge in [0.05, 0.1) is 6.61 Å². The molecule has 3 rings (SSSR count). The molecular weight excluding hydrogens is 288 g/mol. The first-order valence-electron chi connectivity index (χ1n) is 6.31. The molecule has 2 aromatic rings. The van der Waals surface area contributed by atoms with E-state index >= 15 is 0 Å². The van der Waals surface area contributed by atoms with E-state index in [4.69, 9.17) is 4.74 Å². The second-order valence-electron chi connectivity index (χ2n) is 4.73. The first-order valence-corrected chi connectivity index (χ1v) is 7.10. The van der Waals surface area contributed by atoms with Crippen LogP contribution in [0.3, 0.4) is 0 Å². The van der Waals surface area contributed by atoms with Crippen molar-refractivity contribution in [2.24, 2.45) is 5.92 Å². The van der Waals surface area contributed by atoms with Gasteiger partial charge >= 0.3 is 0 Å². The van der Waals surface area contributed by atoms with Crippen LogP contribution >= 0.6 is 15.9 Å². The van der Waals surface area contributed by atoms with Gasteiger partial charge in [-0.2, -0.15) is 0 Å². The quantitative estimate of drug-likeness (QED) is 0.780. The van der Waals surface area contributed by atoms with E-state index in [1.807, 2.05) is 12.1 Å². The van der Waals surface area contributed by atoms with Gasteiger partial charge in [-0.05, 0) is 36.5 Å². The number of ether oxygens (including phenoxy) is 1. The Morgan fingerprint density at radius 1 is 0.944 bits per heavy atom. The monoisotopic (exact) mass is 302 g/mol. The Kier molecular flexibility index (Phi) is 3.37. The Morgan fingerprint density at radius 2 is 1.61 bits per heavy atom. The number of hydrogen-bond donors (Lipinski definition) is 0. The molecule has 1 aliphatic carbocycles. The molecule has 2 aromatic carbocycles. The molecule has 0 unspecified atom stereocenters. The van der Waals surface area contributed by atoms with Crippen LogP contribution in [0.25, 0.3) is 11.1 Å². The number of hydrogen-bond acceptors (Lipinski definition) is 1. The normalized spacial score (nSPS) is 14.5. The molecule has 0 heterocycles. The average Bonchev–Trinajstić information content (AvgIpc) is 3.22. The van der Waals surface area contributed by atoms with Crippen LogP contribution in [0.15, 0.2) is 53.0 Å². The molecule has 0 spiro atoms. The predicted molar refractivity (Wildman–Crippen MR) is 77.8 cm³/mol. The molecule has 0 radical (unpaired) electrons. The third kappa shape index (κ3) is 2.59. The molecule has 0 aliphatic heterocycles. The molecule has 0 N–H and O–H groups in total. The van der Waals surface area contributed by atoms with Gasteiger partial charge in [0.15, 0.2) is 0 Å². The van der Waals surface area contributed by atoms with E-state index in [0.717, 1.165) is 28.3 Å². The number of benzene rings is 2. The number of para-hydroxylation sites is 1. The minimum atomic E-state index is 0.775. The summed E-state index contributed by atoms with van der Waals surface area (Å²) in [6, 6.07) is 16.5. The van der Waals surface area contributed by atoms with E-state index < -0.39 is 0 Å². The van der Waals surface area contributed by atoms with Crippen LogP contribution < -0.4 is 4.74 Å². The topological polar surface area (TPSA) is 9.23 Å². The molecule has 92 valence electrons. The zero-order valence-electron chi connectivity index (χ0n) is 10.1. The Morgan fingerprint density at radius 3 is 2.33 bits per heavy atom. The second-order valence-corrected chi connectivity index (χ2v) is 5.58. The third-order valence-corrected chi connectivity index (χ3v) is 3.91. The maximum atomic E-state index is 5.95. The Bertz CT molecular complexity index is 546. The van der Waals surface area contributed by atoms with Crippen molar-refractivity contribution in [2.45, 2.75) is 12.8 Å². The molecular formula is C16H15BrO. The van der Waals surface area contributed by atoms with Crippen molar-refractivity contribution in [1.29, 1.82) is 0 Å². The molecule has 0 saturated heterocycles. The summed E-state index contributed by atoms with van der Waals surface area (Å²) in [5.41, 5.74) is 2.34. The minimum Gasteiger partial charge on any atom is -0.493 e. The van der Waals surface area contributed by atoms with Crippen molar-refractivity contribution in [2.75, 3.05) is 6.61 Å². The molecule has 1 fully saturated rings. The molecule has 1 saturated carbocycles. The highest BCUT2D eigenvalue weighted by molar-refractivity contribution is 9.10. The molecule has 2 heteroatoms. The van der Waals surface area contributed by atoms with Crippen LogP contribution in [0, 0.1) is 5.92 Å². The summed E-state index contributed by atoms with van der Waals surface area (Å²) in [5.74, 6) is 1.76. The fraction of sp³-hybridized carbons (Fsp3) is 0.250. The largest absolute Gasteiger partial charge is 0.493 e. The van der Waals surface area contributed by atoms with Gasteiger partial charge in [-0.15, -0.1) is 0 Å². The van der Waals surface area contributed by atoms with Crippen molar-refractivity contribution in [3.05, 3.63) is 53.0 Å². The standard InChI is InChI=1S/C16H15BrO/c17-15-7-3-1-5-13(15)14-6-2-4-8-16(14)18-11-12-9-10-12/h1-8,12H,9-11H2. The van der Waals surface area contributed by atoms with Gasteiger partial charge < -0.3 is 4.74 Å². The van der Waals surface area contributed by atoms with Crippen LogP contribution in [0.2, 0.25) is 0 Å². The molecule has 0 atom stereocenters. The first kappa shape index (κ1) is 11.8. The van der Waals surface area contributed by atoms with Crippen LogP contribution in [-0.4, -0.2) is 6.61 Å². The summed E-state index contributed by atoms with van der Waals surface area (Å²) in [5, 5.41) is 0. The maximum absolute atomic E-state index is 5.95. The summed E-state index contributed by atoms with van der Waals surface area (Å²) in [6.45, 7) is 0.849.